The molecular formula is C20H21ClN2O2S. The van der Waals surface area contributed by atoms with Gasteiger partial charge in [-0.15, -0.1) is 0 Å². The summed E-state index contributed by atoms with van der Waals surface area (Å²) in [5, 5.41) is 1.88. The lowest BCUT2D eigenvalue weighted by Gasteiger charge is -2.13. The summed E-state index contributed by atoms with van der Waals surface area (Å²) < 4.78 is 6.87. The van der Waals surface area contributed by atoms with Crippen molar-refractivity contribution in [2.24, 2.45) is 0 Å². The molecule has 0 N–H and O–H groups in total. The van der Waals surface area contributed by atoms with Gasteiger partial charge in [0, 0.05) is 31.0 Å². The quantitative estimate of drug-likeness (QED) is 0.334. The number of fused-ring (bicyclic) bond motifs is 1. The minimum absolute atomic E-state index is 0.0332. The van der Waals surface area contributed by atoms with Gasteiger partial charge in [0.1, 0.15) is 0 Å². The van der Waals surface area contributed by atoms with Gasteiger partial charge >= 0.3 is 0 Å². The van der Waals surface area contributed by atoms with Crippen LogP contribution in [0.4, 0.5) is 0 Å². The van der Waals surface area contributed by atoms with E-state index < -0.39 is 0 Å². The predicted octanol–water partition coefficient (Wildman–Crippen LogP) is 4.69. The van der Waals surface area contributed by atoms with Crippen LogP contribution in [0.25, 0.3) is 10.9 Å². The third-order valence-electron chi connectivity index (χ3n) is 4.10. The van der Waals surface area contributed by atoms with Crippen molar-refractivity contribution in [3.8, 4) is 0 Å². The highest BCUT2D eigenvalue weighted by Gasteiger charge is 2.12. The second-order valence-electron chi connectivity index (χ2n) is 6.13. The molecule has 0 spiro atoms. The Morgan fingerprint density at radius 3 is 2.69 bits per heavy atom. The SMILES string of the molecule is COCCCn1c(SCc2ccc(C)cc2)nc2cc(Cl)ccc2c1=O. The van der Waals surface area contributed by atoms with Gasteiger partial charge in [-0.05, 0) is 37.1 Å². The molecule has 26 heavy (non-hydrogen) atoms. The largest absolute Gasteiger partial charge is 0.385 e. The third kappa shape index (κ3) is 4.47. The zero-order chi connectivity index (χ0) is 18.5. The average Bonchev–Trinajstić information content (AvgIpc) is 2.63. The van der Waals surface area contributed by atoms with Crippen LogP contribution < -0.4 is 5.56 Å². The molecule has 2 aromatic carbocycles. The van der Waals surface area contributed by atoms with Gasteiger partial charge < -0.3 is 4.74 Å². The van der Waals surface area contributed by atoms with E-state index in [4.69, 9.17) is 21.3 Å². The molecule has 1 heterocycles. The highest BCUT2D eigenvalue weighted by atomic mass is 35.5. The lowest BCUT2D eigenvalue weighted by Crippen LogP contribution is -2.24. The van der Waals surface area contributed by atoms with E-state index in [1.165, 1.54) is 11.1 Å². The number of aryl methyl sites for hydroxylation is 1. The van der Waals surface area contributed by atoms with Crippen molar-refractivity contribution in [1.82, 2.24) is 9.55 Å². The standard InChI is InChI=1S/C20H21ClN2O2S/c1-14-4-6-15(7-5-14)13-26-20-22-18-12-16(21)8-9-17(18)19(24)23(20)10-3-11-25-2/h4-9,12H,3,10-11,13H2,1-2H3. The van der Waals surface area contributed by atoms with Gasteiger partial charge in [-0.1, -0.05) is 53.2 Å². The topological polar surface area (TPSA) is 44.1 Å². The first-order valence-corrected chi connectivity index (χ1v) is 9.82. The number of aromatic nitrogens is 2. The van der Waals surface area contributed by atoms with E-state index in [0.29, 0.717) is 34.2 Å². The Morgan fingerprint density at radius 2 is 1.96 bits per heavy atom. The fraction of sp³-hybridized carbons (Fsp3) is 0.300. The second kappa shape index (κ2) is 8.71. The summed E-state index contributed by atoms with van der Waals surface area (Å²) in [6.45, 7) is 3.25. The first-order valence-electron chi connectivity index (χ1n) is 8.46. The Hall–Kier alpha value is -1.82. The van der Waals surface area contributed by atoms with Gasteiger partial charge in [0.2, 0.25) is 0 Å². The molecule has 0 aliphatic carbocycles. The molecule has 0 saturated carbocycles. The number of hydrogen-bond donors (Lipinski definition) is 0. The third-order valence-corrected chi connectivity index (χ3v) is 5.38. The molecule has 0 saturated heterocycles. The molecule has 6 heteroatoms. The molecule has 0 unspecified atom stereocenters. The number of nitrogens with zero attached hydrogens (tertiary/aromatic N) is 2. The fourth-order valence-electron chi connectivity index (χ4n) is 2.68. The minimum atomic E-state index is -0.0332. The van der Waals surface area contributed by atoms with Crippen LogP contribution in [0.5, 0.6) is 0 Å². The molecule has 0 radical (unpaired) electrons. The number of ether oxygens (including phenoxy) is 1. The van der Waals surface area contributed by atoms with Crippen LogP contribution in [0, 0.1) is 6.92 Å². The van der Waals surface area contributed by atoms with E-state index in [2.05, 4.69) is 31.2 Å². The van der Waals surface area contributed by atoms with Gasteiger partial charge in [-0.3, -0.25) is 9.36 Å². The molecule has 0 aliphatic rings. The monoisotopic (exact) mass is 388 g/mol. The van der Waals surface area contributed by atoms with Crippen LogP contribution in [0.2, 0.25) is 5.02 Å². The van der Waals surface area contributed by atoms with E-state index in [-0.39, 0.29) is 5.56 Å². The Balaban J connectivity index is 1.95. The molecule has 0 aliphatic heterocycles. The fourth-order valence-corrected chi connectivity index (χ4v) is 3.83. The van der Waals surface area contributed by atoms with Crippen LogP contribution in [0.3, 0.4) is 0 Å². The van der Waals surface area contributed by atoms with E-state index >= 15 is 0 Å². The average molecular weight is 389 g/mol. The number of hydrogen-bond acceptors (Lipinski definition) is 4. The van der Waals surface area contributed by atoms with Crippen molar-refractivity contribution < 1.29 is 4.74 Å². The van der Waals surface area contributed by atoms with Crippen LogP contribution in [-0.2, 0) is 17.0 Å². The highest BCUT2D eigenvalue weighted by molar-refractivity contribution is 7.98. The van der Waals surface area contributed by atoms with Crippen LogP contribution in [0.15, 0.2) is 52.4 Å². The summed E-state index contributed by atoms with van der Waals surface area (Å²) >= 11 is 7.65. The second-order valence-corrected chi connectivity index (χ2v) is 7.51. The predicted molar refractivity (Wildman–Crippen MR) is 108 cm³/mol. The van der Waals surface area contributed by atoms with Gasteiger partial charge in [0.05, 0.1) is 10.9 Å². The maximum atomic E-state index is 12.9. The van der Waals surface area contributed by atoms with Crippen molar-refractivity contribution in [2.75, 3.05) is 13.7 Å². The maximum absolute atomic E-state index is 12.9. The van der Waals surface area contributed by atoms with E-state index in [0.717, 1.165) is 12.2 Å². The zero-order valence-corrected chi connectivity index (χ0v) is 16.4. The molecule has 4 nitrogen and oxygen atoms in total. The van der Waals surface area contributed by atoms with Crippen LogP contribution in [-0.4, -0.2) is 23.3 Å². The van der Waals surface area contributed by atoms with Crippen molar-refractivity contribution >= 4 is 34.3 Å². The first kappa shape index (κ1) is 19.0. The number of halogens is 1. The van der Waals surface area contributed by atoms with Gasteiger partial charge in [-0.25, -0.2) is 4.98 Å². The number of methoxy groups -OCH3 is 1. The molecule has 136 valence electrons. The zero-order valence-electron chi connectivity index (χ0n) is 14.9. The van der Waals surface area contributed by atoms with Crippen molar-refractivity contribution in [3.05, 3.63) is 69.0 Å². The smallest absolute Gasteiger partial charge is 0.262 e. The molecule has 1 aromatic heterocycles. The number of thioether (sulfide) groups is 1. The Labute approximate surface area is 162 Å². The maximum Gasteiger partial charge on any atom is 0.262 e. The number of benzene rings is 2. The molecule has 0 fully saturated rings. The Morgan fingerprint density at radius 1 is 1.19 bits per heavy atom. The van der Waals surface area contributed by atoms with Crippen molar-refractivity contribution in [2.45, 2.75) is 30.8 Å². The summed E-state index contributed by atoms with van der Waals surface area (Å²) in [5.41, 5.74) is 3.03. The number of rotatable bonds is 7. The van der Waals surface area contributed by atoms with Crippen LogP contribution in [0.1, 0.15) is 17.5 Å². The molecule has 0 bridgehead atoms. The molecule has 0 atom stereocenters. The summed E-state index contributed by atoms with van der Waals surface area (Å²) in [6.07, 6.45) is 0.759. The normalized spacial score (nSPS) is 11.2. The van der Waals surface area contributed by atoms with E-state index in [1.54, 1.807) is 41.6 Å². The molecular weight excluding hydrogens is 368 g/mol. The highest BCUT2D eigenvalue weighted by Crippen LogP contribution is 2.24. The van der Waals surface area contributed by atoms with E-state index in [9.17, 15) is 4.79 Å². The summed E-state index contributed by atoms with van der Waals surface area (Å²) in [4.78, 5) is 17.6. The summed E-state index contributed by atoms with van der Waals surface area (Å²) in [5.74, 6) is 0.753. The minimum Gasteiger partial charge on any atom is -0.385 e. The van der Waals surface area contributed by atoms with E-state index in [1.807, 2.05) is 0 Å². The van der Waals surface area contributed by atoms with Crippen molar-refractivity contribution in [3.63, 3.8) is 0 Å². The first-order chi connectivity index (χ1) is 12.6. The van der Waals surface area contributed by atoms with Gasteiger partial charge in [0.25, 0.3) is 5.56 Å². The molecule has 3 rings (SSSR count). The van der Waals surface area contributed by atoms with Gasteiger partial charge in [0.15, 0.2) is 5.16 Å². The summed E-state index contributed by atoms with van der Waals surface area (Å²) in [7, 11) is 1.66. The lowest BCUT2D eigenvalue weighted by molar-refractivity contribution is 0.189. The Kier molecular flexibility index (Phi) is 6.35. The van der Waals surface area contributed by atoms with Crippen molar-refractivity contribution in [1.29, 1.82) is 0 Å². The molecule has 0 amide bonds. The molecule has 3 aromatic rings. The summed E-state index contributed by atoms with van der Waals surface area (Å²) in [6, 6.07) is 13.6. The van der Waals surface area contributed by atoms with Crippen LogP contribution >= 0.6 is 23.4 Å². The van der Waals surface area contributed by atoms with Gasteiger partial charge in [-0.2, -0.15) is 0 Å². The lowest BCUT2D eigenvalue weighted by atomic mass is 10.2. The Bertz CT molecular complexity index is 954.